The maximum absolute atomic E-state index is 12.4. The van der Waals surface area contributed by atoms with Crippen LogP contribution >= 0.6 is 0 Å². The molecule has 0 N–H and O–H groups in total. The molecule has 0 radical (unpaired) electrons. The minimum Gasteiger partial charge on any atom is -0.466 e. The maximum Gasteiger partial charge on any atom is 0.409 e. The van der Waals surface area contributed by atoms with Crippen molar-refractivity contribution < 1.29 is 23.9 Å². The van der Waals surface area contributed by atoms with Crippen LogP contribution in [0.1, 0.15) is 58.3 Å². The van der Waals surface area contributed by atoms with Crippen molar-refractivity contribution >= 4 is 17.8 Å². The van der Waals surface area contributed by atoms with E-state index >= 15 is 0 Å². The summed E-state index contributed by atoms with van der Waals surface area (Å²) in [5.41, 5.74) is 0. The molecule has 1 saturated carbocycles. The molecule has 136 valence electrons. The Balaban J connectivity index is 2.03. The average Bonchev–Trinajstić information content (AvgIpc) is 2.61. The van der Waals surface area contributed by atoms with Crippen LogP contribution in [0.25, 0.3) is 0 Å². The summed E-state index contributed by atoms with van der Waals surface area (Å²) in [4.78, 5) is 37.9. The SMILES string of the molecule is CCOC(=O)CC(=O)[C@@H]1CCN(C(=O)OC)[C@@H](C2CCCCC2)C1. The number of hydrogen-bond donors (Lipinski definition) is 0. The second kappa shape index (κ2) is 9.04. The predicted octanol–water partition coefficient (Wildman–Crippen LogP) is 2.94. The van der Waals surface area contributed by atoms with Gasteiger partial charge in [0.2, 0.25) is 0 Å². The van der Waals surface area contributed by atoms with Gasteiger partial charge in [-0.3, -0.25) is 9.59 Å². The number of nitrogens with zero attached hydrogens (tertiary/aromatic N) is 1. The van der Waals surface area contributed by atoms with Gasteiger partial charge in [0.05, 0.1) is 13.7 Å². The topological polar surface area (TPSA) is 72.9 Å². The van der Waals surface area contributed by atoms with Gasteiger partial charge < -0.3 is 14.4 Å². The van der Waals surface area contributed by atoms with E-state index in [1.165, 1.54) is 26.4 Å². The molecule has 6 nitrogen and oxygen atoms in total. The van der Waals surface area contributed by atoms with Gasteiger partial charge in [-0.15, -0.1) is 0 Å². The zero-order chi connectivity index (χ0) is 17.5. The van der Waals surface area contributed by atoms with Gasteiger partial charge >= 0.3 is 12.1 Å². The zero-order valence-electron chi connectivity index (χ0n) is 14.8. The van der Waals surface area contributed by atoms with Crippen molar-refractivity contribution in [1.29, 1.82) is 0 Å². The number of methoxy groups -OCH3 is 1. The van der Waals surface area contributed by atoms with E-state index in [4.69, 9.17) is 9.47 Å². The summed E-state index contributed by atoms with van der Waals surface area (Å²) < 4.78 is 9.81. The summed E-state index contributed by atoms with van der Waals surface area (Å²) in [5.74, 6) is -0.246. The Morgan fingerprint density at radius 3 is 2.42 bits per heavy atom. The van der Waals surface area contributed by atoms with Gasteiger partial charge in [0.15, 0.2) is 0 Å². The molecule has 24 heavy (non-hydrogen) atoms. The molecule has 2 fully saturated rings. The summed E-state index contributed by atoms with van der Waals surface area (Å²) in [5, 5.41) is 0. The number of likely N-dealkylation sites (tertiary alicyclic amines) is 1. The number of carbonyl (C=O) groups is 3. The van der Waals surface area contributed by atoms with Crippen molar-refractivity contribution in [2.24, 2.45) is 11.8 Å². The van der Waals surface area contributed by atoms with Crippen molar-refractivity contribution in [2.75, 3.05) is 20.3 Å². The predicted molar refractivity (Wildman–Crippen MR) is 88.5 cm³/mol. The Labute approximate surface area is 143 Å². The number of rotatable bonds is 5. The fourth-order valence-corrected chi connectivity index (χ4v) is 4.10. The minimum atomic E-state index is -0.452. The molecule has 1 heterocycles. The van der Waals surface area contributed by atoms with Crippen molar-refractivity contribution in [1.82, 2.24) is 4.90 Å². The van der Waals surface area contributed by atoms with Gasteiger partial charge in [0.25, 0.3) is 0 Å². The lowest BCUT2D eigenvalue weighted by molar-refractivity contribution is -0.146. The van der Waals surface area contributed by atoms with E-state index in [1.54, 1.807) is 11.8 Å². The van der Waals surface area contributed by atoms with Crippen LogP contribution in [0.3, 0.4) is 0 Å². The van der Waals surface area contributed by atoms with E-state index in [0.29, 0.717) is 25.3 Å². The van der Waals surface area contributed by atoms with Crippen LogP contribution < -0.4 is 0 Å². The van der Waals surface area contributed by atoms with Crippen molar-refractivity contribution in [3.63, 3.8) is 0 Å². The molecule has 1 aliphatic heterocycles. The van der Waals surface area contributed by atoms with Gasteiger partial charge in [-0.25, -0.2) is 4.79 Å². The second-order valence-corrected chi connectivity index (χ2v) is 6.80. The minimum absolute atomic E-state index is 0.0441. The Morgan fingerprint density at radius 2 is 1.79 bits per heavy atom. The smallest absolute Gasteiger partial charge is 0.409 e. The van der Waals surface area contributed by atoms with E-state index in [0.717, 1.165) is 12.8 Å². The highest BCUT2D eigenvalue weighted by atomic mass is 16.5. The molecule has 0 bridgehead atoms. The first kappa shape index (κ1) is 18.7. The molecule has 0 aromatic rings. The van der Waals surface area contributed by atoms with Crippen LogP contribution in [0.5, 0.6) is 0 Å². The number of piperidine rings is 1. The highest BCUT2D eigenvalue weighted by molar-refractivity contribution is 5.96. The lowest BCUT2D eigenvalue weighted by Gasteiger charge is -2.43. The van der Waals surface area contributed by atoms with Gasteiger partial charge in [-0.1, -0.05) is 19.3 Å². The van der Waals surface area contributed by atoms with Crippen LogP contribution in [0.15, 0.2) is 0 Å². The van der Waals surface area contributed by atoms with Gasteiger partial charge in [-0.05, 0) is 38.5 Å². The fraction of sp³-hybridized carbons (Fsp3) is 0.833. The Kier molecular flexibility index (Phi) is 7.06. The number of ketones is 1. The molecule has 1 aliphatic carbocycles. The summed E-state index contributed by atoms with van der Waals surface area (Å²) >= 11 is 0. The lowest BCUT2D eigenvalue weighted by atomic mass is 9.76. The molecule has 0 unspecified atom stereocenters. The summed E-state index contributed by atoms with van der Waals surface area (Å²) in [6.07, 6.45) is 6.56. The number of carbonyl (C=O) groups excluding carboxylic acids is 3. The molecule has 0 aromatic carbocycles. The molecular formula is C18H29NO5. The largest absolute Gasteiger partial charge is 0.466 e. The third-order valence-electron chi connectivity index (χ3n) is 5.33. The van der Waals surface area contributed by atoms with Crippen LogP contribution in [0, 0.1) is 11.8 Å². The molecule has 0 aromatic heterocycles. The van der Waals surface area contributed by atoms with Crippen molar-refractivity contribution in [3.05, 3.63) is 0 Å². The van der Waals surface area contributed by atoms with Crippen molar-refractivity contribution in [3.8, 4) is 0 Å². The van der Waals surface area contributed by atoms with Crippen LogP contribution in [0.2, 0.25) is 0 Å². The molecule has 0 spiro atoms. The van der Waals surface area contributed by atoms with E-state index in [9.17, 15) is 14.4 Å². The third-order valence-corrected chi connectivity index (χ3v) is 5.33. The van der Waals surface area contributed by atoms with Gasteiger partial charge in [0.1, 0.15) is 12.2 Å². The molecule has 2 atom stereocenters. The Bertz CT molecular complexity index is 458. The van der Waals surface area contributed by atoms with Crippen LogP contribution in [0.4, 0.5) is 4.79 Å². The van der Waals surface area contributed by atoms with E-state index < -0.39 is 5.97 Å². The first-order chi connectivity index (χ1) is 11.6. The molecule has 6 heteroatoms. The first-order valence-corrected chi connectivity index (χ1v) is 9.09. The molecule has 2 rings (SSSR count). The highest BCUT2D eigenvalue weighted by Crippen LogP contribution is 2.36. The number of amides is 1. The normalized spacial score (nSPS) is 25.2. The molecule has 1 saturated heterocycles. The standard InChI is InChI=1S/C18H29NO5/c1-3-24-17(21)12-16(20)14-9-10-19(18(22)23-2)15(11-14)13-7-5-4-6-8-13/h13-15H,3-12H2,1-2H3/t14-,15-/m1/s1. The number of esters is 1. The van der Waals surface area contributed by atoms with Crippen LogP contribution in [-0.4, -0.2) is 49.0 Å². The zero-order valence-corrected chi connectivity index (χ0v) is 14.8. The Hall–Kier alpha value is -1.59. The first-order valence-electron chi connectivity index (χ1n) is 9.09. The average molecular weight is 339 g/mol. The molecular weight excluding hydrogens is 310 g/mol. The van der Waals surface area contributed by atoms with E-state index in [-0.39, 0.29) is 36.9 Å². The number of ether oxygens (including phenoxy) is 2. The summed E-state index contributed by atoms with van der Waals surface area (Å²) in [6, 6.07) is 0.0441. The van der Waals surface area contributed by atoms with E-state index in [1.807, 2.05) is 0 Å². The fourth-order valence-electron chi connectivity index (χ4n) is 4.10. The van der Waals surface area contributed by atoms with Gasteiger partial charge in [-0.2, -0.15) is 0 Å². The summed E-state index contributed by atoms with van der Waals surface area (Å²) in [6.45, 7) is 2.54. The maximum atomic E-state index is 12.4. The Morgan fingerprint density at radius 1 is 1.08 bits per heavy atom. The van der Waals surface area contributed by atoms with Crippen LogP contribution in [-0.2, 0) is 19.1 Å². The number of Topliss-reactive ketones (excluding diaryl/α,β-unsaturated/α-hetero) is 1. The third kappa shape index (κ3) is 4.71. The number of hydrogen-bond acceptors (Lipinski definition) is 5. The monoisotopic (exact) mass is 339 g/mol. The lowest BCUT2D eigenvalue weighted by Crippen LogP contribution is -2.51. The molecule has 2 aliphatic rings. The highest BCUT2D eigenvalue weighted by Gasteiger charge is 2.39. The van der Waals surface area contributed by atoms with E-state index in [2.05, 4.69) is 0 Å². The van der Waals surface area contributed by atoms with Crippen molar-refractivity contribution in [2.45, 2.75) is 64.3 Å². The quantitative estimate of drug-likeness (QED) is 0.569. The molecule has 1 amide bonds. The summed E-state index contributed by atoms with van der Waals surface area (Å²) in [7, 11) is 1.40. The van der Waals surface area contributed by atoms with Gasteiger partial charge in [0, 0.05) is 18.5 Å². The second-order valence-electron chi connectivity index (χ2n) is 6.80.